The van der Waals surface area contributed by atoms with Gasteiger partial charge in [0.2, 0.25) is 11.8 Å². The van der Waals surface area contributed by atoms with E-state index >= 15 is 0 Å². The Balaban J connectivity index is 2.21. The number of hydrogen-bond donors (Lipinski definition) is 2. The molecule has 0 unspecified atom stereocenters. The van der Waals surface area contributed by atoms with Crippen LogP contribution in [-0.4, -0.2) is 59.3 Å². The Morgan fingerprint density at radius 1 is 1.30 bits per heavy atom. The summed E-state index contributed by atoms with van der Waals surface area (Å²) in [5.41, 5.74) is 4.88. The zero-order valence-electron chi connectivity index (χ0n) is 11.8. The Labute approximate surface area is 118 Å². The van der Waals surface area contributed by atoms with Crippen molar-refractivity contribution < 1.29 is 14.8 Å². The minimum atomic E-state index is -0.927. The highest BCUT2D eigenvalue weighted by Gasteiger charge is 2.47. The van der Waals surface area contributed by atoms with Crippen molar-refractivity contribution in [2.75, 3.05) is 26.7 Å². The second-order valence-electron chi connectivity index (χ2n) is 5.67. The van der Waals surface area contributed by atoms with E-state index in [-0.39, 0.29) is 24.2 Å². The van der Waals surface area contributed by atoms with Crippen LogP contribution in [0.25, 0.3) is 0 Å². The van der Waals surface area contributed by atoms with Crippen molar-refractivity contribution in [3.05, 3.63) is 0 Å². The third-order valence-corrected chi connectivity index (χ3v) is 4.46. The van der Waals surface area contributed by atoms with Crippen LogP contribution in [0.2, 0.25) is 0 Å². The van der Waals surface area contributed by atoms with Crippen LogP contribution in [0, 0.1) is 5.41 Å². The number of amides is 2. The molecule has 2 amide bonds. The van der Waals surface area contributed by atoms with Gasteiger partial charge in [-0.3, -0.25) is 9.59 Å². The molecule has 1 aliphatic heterocycles. The molecule has 0 aromatic rings. The Morgan fingerprint density at radius 3 is 2.50 bits per heavy atom. The lowest BCUT2D eigenvalue weighted by molar-refractivity contribution is -0.149. The first kappa shape index (κ1) is 14.6. The molecule has 7 heteroatoms. The molecule has 0 aromatic carbocycles. The molecule has 20 heavy (non-hydrogen) atoms. The van der Waals surface area contributed by atoms with Gasteiger partial charge in [-0.15, -0.1) is 0 Å². The number of nitrogens with zero attached hydrogens (tertiary/aromatic N) is 3. The van der Waals surface area contributed by atoms with Crippen LogP contribution < -0.4 is 5.73 Å². The average Bonchev–Trinajstić information content (AvgIpc) is 2.49. The molecule has 112 valence electrons. The second-order valence-corrected chi connectivity index (χ2v) is 5.67. The summed E-state index contributed by atoms with van der Waals surface area (Å²) < 4.78 is 0. The van der Waals surface area contributed by atoms with Gasteiger partial charge in [-0.05, 0) is 12.8 Å². The topological polar surface area (TPSA) is 99.2 Å². The maximum Gasteiger partial charge on any atom is 0.241 e. The zero-order valence-corrected chi connectivity index (χ0v) is 11.8. The fourth-order valence-corrected chi connectivity index (χ4v) is 3.07. The molecule has 0 aromatic heterocycles. The normalized spacial score (nSPS) is 23.9. The number of amidine groups is 1. The number of piperazine rings is 1. The zero-order chi connectivity index (χ0) is 14.8. The van der Waals surface area contributed by atoms with Gasteiger partial charge in [-0.25, -0.2) is 0 Å². The molecule has 3 N–H and O–H groups in total. The Bertz CT molecular complexity index is 429. The van der Waals surface area contributed by atoms with Crippen LogP contribution >= 0.6 is 0 Å². The van der Waals surface area contributed by atoms with Gasteiger partial charge in [0, 0.05) is 20.1 Å². The molecule has 1 saturated heterocycles. The highest BCUT2D eigenvalue weighted by Crippen LogP contribution is 2.38. The van der Waals surface area contributed by atoms with E-state index in [4.69, 9.17) is 10.9 Å². The average molecular weight is 282 g/mol. The number of hydrogen-bond acceptors (Lipinski definition) is 4. The van der Waals surface area contributed by atoms with E-state index in [1.54, 1.807) is 16.8 Å². The van der Waals surface area contributed by atoms with Crippen LogP contribution in [0.5, 0.6) is 0 Å². The number of carbonyl (C=O) groups excluding carboxylic acids is 2. The van der Waals surface area contributed by atoms with E-state index in [0.717, 1.165) is 19.3 Å². The lowest BCUT2D eigenvalue weighted by atomic mass is 9.72. The lowest BCUT2D eigenvalue weighted by Gasteiger charge is -2.41. The van der Waals surface area contributed by atoms with Gasteiger partial charge in [0.05, 0.1) is 6.54 Å². The number of carbonyl (C=O) groups is 2. The fourth-order valence-electron chi connectivity index (χ4n) is 3.07. The van der Waals surface area contributed by atoms with E-state index in [1.165, 1.54) is 0 Å². The second kappa shape index (κ2) is 5.68. The summed E-state index contributed by atoms with van der Waals surface area (Å²) in [5.74, 6) is -0.266. The molecule has 2 rings (SSSR count). The summed E-state index contributed by atoms with van der Waals surface area (Å²) in [6, 6.07) is 0. The highest BCUT2D eigenvalue weighted by atomic mass is 16.4. The standard InChI is InChI=1S/C13H22N4O3/c1-16-7-8-17(9-10(16)18)12(19)13(11(14)15-20)5-3-2-4-6-13/h20H,2-9H2,1H3,(H2,14,15). The van der Waals surface area contributed by atoms with Gasteiger partial charge in [0.25, 0.3) is 0 Å². The van der Waals surface area contributed by atoms with E-state index in [1.807, 2.05) is 0 Å². The minimum Gasteiger partial charge on any atom is -0.409 e. The summed E-state index contributed by atoms with van der Waals surface area (Å²) in [4.78, 5) is 27.7. The van der Waals surface area contributed by atoms with Crippen molar-refractivity contribution in [3.8, 4) is 0 Å². The third-order valence-electron chi connectivity index (χ3n) is 4.46. The van der Waals surface area contributed by atoms with Crippen molar-refractivity contribution in [1.82, 2.24) is 9.80 Å². The number of likely N-dealkylation sites (N-methyl/N-ethyl adjacent to an activating group) is 1. The van der Waals surface area contributed by atoms with Crippen molar-refractivity contribution in [1.29, 1.82) is 0 Å². The molecule has 1 aliphatic carbocycles. The van der Waals surface area contributed by atoms with E-state index < -0.39 is 5.41 Å². The maximum absolute atomic E-state index is 12.8. The van der Waals surface area contributed by atoms with Gasteiger partial charge in [-0.1, -0.05) is 24.4 Å². The monoisotopic (exact) mass is 282 g/mol. The maximum atomic E-state index is 12.8. The van der Waals surface area contributed by atoms with Crippen molar-refractivity contribution in [2.45, 2.75) is 32.1 Å². The molecule has 0 atom stereocenters. The van der Waals surface area contributed by atoms with Gasteiger partial charge >= 0.3 is 0 Å². The molecule has 0 spiro atoms. The van der Waals surface area contributed by atoms with Crippen LogP contribution in [0.4, 0.5) is 0 Å². The van der Waals surface area contributed by atoms with Crippen molar-refractivity contribution in [2.24, 2.45) is 16.3 Å². The predicted molar refractivity (Wildman–Crippen MR) is 73.1 cm³/mol. The summed E-state index contributed by atoms with van der Waals surface area (Å²) in [6.45, 7) is 1.11. The Kier molecular flexibility index (Phi) is 4.15. The SMILES string of the molecule is CN1CCN(C(=O)C2(C(N)=NO)CCCCC2)CC1=O. The van der Waals surface area contributed by atoms with E-state index in [9.17, 15) is 9.59 Å². The van der Waals surface area contributed by atoms with Gasteiger partial charge < -0.3 is 20.7 Å². The van der Waals surface area contributed by atoms with Crippen LogP contribution in [0.3, 0.4) is 0 Å². The van der Waals surface area contributed by atoms with Gasteiger partial charge in [0.15, 0.2) is 5.84 Å². The molecular formula is C13H22N4O3. The highest BCUT2D eigenvalue weighted by molar-refractivity contribution is 6.07. The van der Waals surface area contributed by atoms with E-state index in [0.29, 0.717) is 25.9 Å². The molecule has 2 aliphatic rings. The minimum absolute atomic E-state index is 0.0198. The lowest BCUT2D eigenvalue weighted by Crippen LogP contribution is -2.58. The van der Waals surface area contributed by atoms with Crippen LogP contribution in [0.1, 0.15) is 32.1 Å². The summed E-state index contributed by atoms with van der Waals surface area (Å²) >= 11 is 0. The fraction of sp³-hybridized carbons (Fsp3) is 0.769. The Hall–Kier alpha value is -1.79. The molecule has 1 saturated carbocycles. The molecule has 0 bridgehead atoms. The summed E-state index contributed by atoms with van der Waals surface area (Å²) in [7, 11) is 1.73. The first-order valence-electron chi connectivity index (χ1n) is 7.02. The van der Waals surface area contributed by atoms with Crippen molar-refractivity contribution >= 4 is 17.6 Å². The summed E-state index contributed by atoms with van der Waals surface area (Å²) in [6.07, 6.45) is 3.98. The van der Waals surface area contributed by atoms with Crippen LogP contribution in [-0.2, 0) is 9.59 Å². The first-order chi connectivity index (χ1) is 9.51. The Morgan fingerprint density at radius 2 is 1.95 bits per heavy atom. The third kappa shape index (κ3) is 2.44. The molecule has 7 nitrogen and oxygen atoms in total. The molecule has 0 radical (unpaired) electrons. The van der Waals surface area contributed by atoms with Crippen molar-refractivity contribution in [3.63, 3.8) is 0 Å². The number of nitrogens with two attached hydrogens (primary N) is 1. The van der Waals surface area contributed by atoms with E-state index in [2.05, 4.69) is 5.16 Å². The number of rotatable bonds is 2. The quantitative estimate of drug-likeness (QED) is 0.322. The number of oxime groups is 1. The summed E-state index contributed by atoms with van der Waals surface area (Å²) in [5, 5.41) is 12.1. The van der Waals surface area contributed by atoms with Gasteiger partial charge in [0.1, 0.15) is 5.41 Å². The smallest absolute Gasteiger partial charge is 0.241 e. The van der Waals surface area contributed by atoms with Gasteiger partial charge in [-0.2, -0.15) is 0 Å². The first-order valence-corrected chi connectivity index (χ1v) is 7.02. The molecule has 2 fully saturated rings. The molecular weight excluding hydrogens is 260 g/mol. The van der Waals surface area contributed by atoms with Crippen LogP contribution in [0.15, 0.2) is 5.16 Å². The largest absolute Gasteiger partial charge is 0.409 e. The predicted octanol–water partition coefficient (Wildman–Crippen LogP) is -0.0161. The molecule has 1 heterocycles.